The molecule has 0 fully saturated rings. The number of unbranched alkanes of at least 4 members (excludes halogenated alkanes) is 2. The number of carbonyl (C=O) groups excluding carboxylic acids is 1. The van der Waals surface area contributed by atoms with Crippen molar-refractivity contribution in [2.24, 2.45) is 0 Å². The molecule has 2 heteroatoms. The van der Waals surface area contributed by atoms with Crippen LogP contribution in [0.2, 0.25) is 0 Å². The maximum absolute atomic E-state index is 10.3. The van der Waals surface area contributed by atoms with Crippen molar-refractivity contribution in [3.8, 4) is 5.75 Å². The summed E-state index contributed by atoms with van der Waals surface area (Å²) in [6, 6.07) is 16.7. The minimum atomic E-state index is 0.0408. The van der Waals surface area contributed by atoms with Gasteiger partial charge in [0.1, 0.15) is 18.1 Å². The molecule has 0 saturated carbocycles. The molecule has 2 nitrogen and oxygen atoms in total. The largest absolute Gasteiger partial charge is 0.486 e. The zero-order valence-electron chi connectivity index (χ0n) is 13.4. The van der Waals surface area contributed by atoms with E-state index in [-0.39, 0.29) is 6.10 Å². The fraction of sp³-hybridized carbons (Fsp3) is 0.350. The van der Waals surface area contributed by atoms with E-state index >= 15 is 0 Å². The zero-order valence-corrected chi connectivity index (χ0v) is 13.4. The highest BCUT2D eigenvalue weighted by Gasteiger charge is 2.07. The first-order valence-corrected chi connectivity index (χ1v) is 7.95. The quantitative estimate of drug-likeness (QED) is 0.503. The van der Waals surface area contributed by atoms with Crippen LogP contribution in [0.5, 0.6) is 5.75 Å². The molecule has 0 N–H and O–H groups in total. The molecule has 0 spiro atoms. The standard InChI is InChI=1S/C20H24O2/c1-16-7-11-19(12-8-16)17(2)22-20-13-9-18(10-14-20)6-4-3-5-15-21/h7-15,17H,3-6H2,1-2H3. The van der Waals surface area contributed by atoms with Gasteiger partial charge in [-0.1, -0.05) is 42.0 Å². The molecule has 0 amide bonds. The molecule has 116 valence electrons. The predicted molar refractivity (Wildman–Crippen MR) is 90.3 cm³/mol. The maximum atomic E-state index is 10.3. The van der Waals surface area contributed by atoms with Crippen molar-refractivity contribution in [3.05, 3.63) is 65.2 Å². The number of ether oxygens (including phenoxy) is 1. The number of carbonyl (C=O) groups is 1. The molecule has 1 atom stereocenters. The topological polar surface area (TPSA) is 26.3 Å². The van der Waals surface area contributed by atoms with Gasteiger partial charge in [-0.25, -0.2) is 0 Å². The molecule has 0 aliphatic carbocycles. The Labute approximate surface area is 133 Å². The van der Waals surface area contributed by atoms with Crippen LogP contribution in [-0.2, 0) is 11.2 Å². The van der Waals surface area contributed by atoms with Gasteiger partial charge in [-0.15, -0.1) is 0 Å². The van der Waals surface area contributed by atoms with Crippen molar-refractivity contribution in [2.75, 3.05) is 0 Å². The summed E-state index contributed by atoms with van der Waals surface area (Å²) in [7, 11) is 0. The molecule has 0 saturated heterocycles. The van der Waals surface area contributed by atoms with E-state index in [1.165, 1.54) is 16.7 Å². The Kier molecular flexibility index (Phi) is 6.20. The minimum absolute atomic E-state index is 0.0408. The molecular formula is C20H24O2. The fourth-order valence-electron chi connectivity index (χ4n) is 2.40. The van der Waals surface area contributed by atoms with Gasteiger partial charge in [0.05, 0.1) is 0 Å². The average molecular weight is 296 g/mol. The highest BCUT2D eigenvalue weighted by atomic mass is 16.5. The third-order valence-corrected chi connectivity index (χ3v) is 3.82. The van der Waals surface area contributed by atoms with Crippen LogP contribution >= 0.6 is 0 Å². The molecule has 0 heterocycles. The van der Waals surface area contributed by atoms with Crippen molar-refractivity contribution in [2.45, 2.75) is 45.6 Å². The molecular weight excluding hydrogens is 272 g/mol. The van der Waals surface area contributed by atoms with E-state index in [1.807, 2.05) is 12.1 Å². The van der Waals surface area contributed by atoms with E-state index in [4.69, 9.17) is 4.74 Å². The lowest BCUT2D eigenvalue weighted by Gasteiger charge is -2.15. The summed E-state index contributed by atoms with van der Waals surface area (Å²) < 4.78 is 5.99. The summed E-state index contributed by atoms with van der Waals surface area (Å²) >= 11 is 0. The second kappa shape index (κ2) is 8.38. The monoisotopic (exact) mass is 296 g/mol. The van der Waals surface area contributed by atoms with E-state index in [0.29, 0.717) is 6.42 Å². The van der Waals surface area contributed by atoms with Crippen molar-refractivity contribution in [1.29, 1.82) is 0 Å². The van der Waals surface area contributed by atoms with Gasteiger partial charge in [0, 0.05) is 6.42 Å². The smallest absolute Gasteiger partial charge is 0.121 e. The third kappa shape index (κ3) is 5.03. The SMILES string of the molecule is Cc1ccc(C(C)Oc2ccc(CCCCC=O)cc2)cc1. The number of aryl methyl sites for hydroxylation is 2. The number of hydrogen-bond donors (Lipinski definition) is 0. The molecule has 2 aromatic carbocycles. The maximum Gasteiger partial charge on any atom is 0.121 e. The molecule has 0 aliphatic rings. The normalized spacial score (nSPS) is 11.9. The molecule has 22 heavy (non-hydrogen) atoms. The average Bonchev–Trinajstić information content (AvgIpc) is 2.54. The van der Waals surface area contributed by atoms with Gasteiger partial charge in [-0.3, -0.25) is 0 Å². The van der Waals surface area contributed by atoms with Crippen LogP contribution in [0.4, 0.5) is 0 Å². The van der Waals surface area contributed by atoms with E-state index in [0.717, 1.165) is 31.3 Å². The number of hydrogen-bond acceptors (Lipinski definition) is 2. The van der Waals surface area contributed by atoms with Gasteiger partial charge in [-0.05, 0) is 56.4 Å². The van der Waals surface area contributed by atoms with Crippen LogP contribution in [-0.4, -0.2) is 6.29 Å². The molecule has 2 rings (SSSR count). The Morgan fingerprint density at radius 2 is 1.68 bits per heavy atom. The lowest BCUT2D eigenvalue weighted by atomic mass is 10.1. The molecule has 0 aromatic heterocycles. The van der Waals surface area contributed by atoms with Gasteiger partial charge in [-0.2, -0.15) is 0 Å². The van der Waals surface area contributed by atoms with Crippen LogP contribution < -0.4 is 4.74 Å². The zero-order chi connectivity index (χ0) is 15.8. The Morgan fingerprint density at radius 3 is 2.32 bits per heavy atom. The van der Waals surface area contributed by atoms with Crippen LogP contribution in [0.1, 0.15) is 49.0 Å². The van der Waals surface area contributed by atoms with Crippen LogP contribution in [0.15, 0.2) is 48.5 Å². The van der Waals surface area contributed by atoms with Crippen LogP contribution in [0, 0.1) is 6.92 Å². The number of benzene rings is 2. The van der Waals surface area contributed by atoms with Crippen molar-refractivity contribution < 1.29 is 9.53 Å². The second-order valence-electron chi connectivity index (χ2n) is 5.73. The Hall–Kier alpha value is -2.09. The van der Waals surface area contributed by atoms with Gasteiger partial charge in [0.25, 0.3) is 0 Å². The lowest BCUT2D eigenvalue weighted by Crippen LogP contribution is -2.03. The predicted octanol–water partition coefficient (Wildman–Crippen LogP) is 5.05. The highest BCUT2D eigenvalue weighted by Crippen LogP contribution is 2.22. The summed E-state index contributed by atoms with van der Waals surface area (Å²) in [4.78, 5) is 10.3. The second-order valence-corrected chi connectivity index (χ2v) is 5.73. The van der Waals surface area contributed by atoms with Crippen molar-refractivity contribution in [1.82, 2.24) is 0 Å². The fourth-order valence-corrected chi connectivity index (χ4v) is 2.40. The summed E-state index contributed by atoms with van der Waals surface area (Å²) in [5.74, 6) is 0.893. The van der Waals surface area contributed by atoms with E-state index in [9.17, 15) is 4.79 Å². The number of rotatable bonds is 8. The molecule has 0 radical (unpaired) electrons. The third-order valence-electron chi connectivity index (χ3n) is 3.82. The summed E-state index contributed by atoms with van der Waals surface area (Å²) in [6.07, 6.45) is 4.73. The van der Waals surface area contributed by atoms with Crippen molar-refractivity contribution in [3.63, 3.8) is 0 Å². The first kappa shape index (κ1) is 16.3. The van der Waals surface area contributed by atoms with Gasteiger partial charge in [0.15, 0.2) is 0 Å². The Morgan fingerprint density at radius 1 is 1.00 bits per heavy atom. The van der Waals surface area contributed by atoms with Crippen LogP contribution in [0.25, 0.3) is 0 Å². The van der Waals surface area contributed by atoms with E-state index in [2.05, 4.69) is 50.2 Å². The van der Waals surface area contributed by atoms with Gasteiger partial charge < -0.3 is 9.53 Å². The first-order valence-electron chi connectivity index (χ1n) is 7.95. The summed E-state index contributed by atoms with van der Waals surface area (Å²) in [6.45, 7) is 4.15. The molecule has 1 unspecified atom stereocenters. The first-order chi connectivity index (χ1) is 10.7. The Bertz CT molecular complexity index is 570. The highest BCUT2D eigenvalue weighted by molar-refractivity contribution is 5.48. The van der Waals surface area contributed by atoms with Crippen LogP contribution in [0.3, 0.4) is 0 Å². The van der Waals surface area contributed by atoms with E-state index in [1.54, 1.807) is 0 Å². The lowest BCUT2D eigenvalue weighted by molar-refractivity contribution is -0.107. The van der Waals surface area contributed by atoms with Gasteiger partial charge in [0.2, 0.25) is 0 Å². The Balaban J connectivity index is 1.87. The van der Waals surface area contributed by atoms with E-state index < -0.39 is 0 Å². The van der Waals surface area contributed by atoms with Gasteiger partial charge >= 0.3 is 0 Å². The number of aldehydes is 1. The molecule has 2 aromatic rings. The summed E-state index contributed by atoms with van der Waals surface area (Å²) in [5.41, 5.74) is 3.74. The molecule has 0 aliphatic heterocycles. The van der Waals surface area contributed by atoms with Crippen molar-refractivity contribution >= 4 is 6.29 Å². The minimum Gasteiger partial charge on any atom is -0.486 e. The summed E-state index contributed by atoms with van der Waals surface area (Å²) in [5, 5.41) is 0. The molecule has 0 bridgehead atoms.